The number of fused-ring (bicyclic) bond motifs is 2. The van der Waals surface area contributed by atoms with Gasteiger partial charge < -0.3 is 0 Å². The lowest BCUT2D eigenvalue weighted by Gasteiger charge is -2.13. The van der Waals surface area contributed by atoms with E-state index >= 15 is 0 Å². The molecule has 102 valence electrons. The zero-order valence-electron chi connectivity index (χ0n) is 12.7. The molecule has 2 aromatic carbocycles. The van der Waals surface area contributed by atoms with E-state index in [2.05, 4.69) is 57.7 Å². The molecule has 0 aliphatic heterocycles. The average Bonchev–Trinajstić information content (AvgIpc) is 2.84. The average molecular weight is 262 g/mol. The molecule has 0 radical (unpaired) electrons. The minimum absolute atomic E-state index is 1.18. The van der Waals surface area contributed by atoms with Crippen LogP contribution in [0.2, 0.25) is 0 Å². The van der Waals surface area contributed by atoms with Crippen LogP contribution < -0.4 is 10.4 Å². The lowest BCUT2D eigenvalue weighted by atomic mass is 9.91. The summed E-state index contributed by atoms with van der Waals surface area (Å²) in [5.74, 6) is 0. The van der Waals surface area contributed by atoms with Gasteiger partial charge in [-0.05, 0) is 75.9 Å². The van der Waals surface area contributed by atoms with Crippen molar-refractivity contribution in [2.24, 2.45) is 0 Å². The van der Waals surface area contributed by atoms with Crippen molar-refractivity contribution in [1.82, 2.24) is 0 Å². The summed E-state index contributed by atoms with van der Waals surface area (Å²) in [4.78, 5) is 0. The molecular weight excluding hydrogens is 240 g/mol. The Morgan fingerprint density at radius 2 is 1.80 bits per heavy atom. The van der Waals surface area contributed by atoms with Gasteiger partial charge in [-0.3, -0.25) is 0 Å². The van der Waals surface area contributed by atoms with Crippen molar-refractivity contribution in [2.75, 3.05) is 0 Å². The van der Waals surface area contributed by atoms with Crippen molar-refractivity contribution >= 4 is 12.7 Å². The molecule has 2 aromatic rings. The molecule has 0 bridgehead atoms. The van der Waals surface area contributed by atoms with Gasteiger partial charge in [0.15, 0.2) is 0 Å². The van der Waals surface area contributed by atoms with Gasteiger partial charge in [0.05, 0.1) is 0 Å². The molecule has 0 spiro atoms. The van der Waals surface area contributed by atoms with Gasteiger partial charge in [-0.15, -0.1) is 0 Å². The van der Waals surface area contributed by atoms with Crippen LogP contribution in [-0.4, -0.2) is 0 Å². The second kappa shape index (κ2) is 4.94. The van der Waals surface area contributed by atoms with Gasteiger partial charge in [-0.25, -0.2) is 0 Å². The molecule has 0 aromatic heterocycles. The fraction of sp³-hybridized carbons (Fsp3) is 0.300. The van der Waals surface area contributed by atoms with Crippen LogP contribution in [0.5, 0.6) is 0 Å². The summed E-state index contributed by atoms with van der Waals surface area (Å²) < 4.78 is 0. The van der Waals surface area contributed by atoms with Crippen molar-refractivity contribution in [3.8, 4) is 0 Å². The van der Waals surface area contributed by atoms with Crippen LogP contribution in [0, 0.1) is 24.3 Å². The van der Waals surface area contributed by atoms with Crippen LogP contribution in [0.1, 0.15) is 42.0 Å². The Hall–Kier alpha value is -1.82. The quantitative estimate of drug-likeness (QED) is 0.678. The van der Waals surface area contributed by atoms with Gasteiger partial charge in [0, 0.05) is 0 Å². The molecule has 0 heterocycles. The molecule has 0 heteroatoms. The van der Waals surface area contributed by atoms with E-state index in [4.69, 9.17) is 0 Å². The third-order valence-electron chi connectivity index (χ3n) is 4.67. The molecule has 0 atom stereocenters. The Morgan fingerprint density at radius 1 is 1.05 bits per heavy atom. The van der Waals surface area contributed by atoms with Gasteiger partial charge in [0.1, 0.15) is 0 Å². The summed E-state index contributed by atoms with van der Waals surface area (Å²) in [7, 11) is 0. The number of unbranched alkanes of at least 4 members (excludes halogenated alkanes) is 1. The van der Waals surface area contributed by atoms with Gasteiger partial charge in [-0.1, -0.05) is 44.2 Å². The molecule has 0 unspecified atom stereocenters. The van der Waals surface area contributed by atoms with E-state index in [1.54, 1.807) is 0 Å². The summed E-state index contributed by atoms with van der Waals surface area (Å²) in [6.45, 7) is 11.1. The van der Waals surface area contributed by atoms with Crippen LogP contribution in [0.15, 0.2) is 24.3 Å². The Labute approximate surface area is 120 Å². The van der Waals surface area contributed by atoms with Gasteiger partial charge in [0.2, 0.25) is 0 Å². The standard InChI is InChI=1S/C20H22/c1-5-6-10-17-14(3)13(2)15(4)20-18-11-8-7-9-16(18)12-19(17)20/h7-9,11-12H,4-6,10H2,1-3H3. The molecular formula is C20H22. The normalized spacial score (nSPS) is 11.9. The minimum Gasteiger partial charge on any atom is -0.0908 e. The molecule has 0 saturated carbocycles. The first-order chi connectivity index (χ1) is 9.65. The minimum atomic E-state index is 1.18. The highest BCUT2D eigenvalue weighted by Gasteiger charge is 2.13. The summed E-state index contributed by atoms with van der Waals surface area (Å²) in [5.41, 5.74) is 5.75. The molecule has 1 aliphatic rings. The molecule has 0 amide bonds. The maximum atomic E-state index is 4.35. The Balaban J connectivity index is 2.47. The second-order valence-corrected chi connectivity index (χ2v) is 5.83. The summed E-state index contributed by atoms with van der Waals surface area (Å²) in [6.07, 6.45) is 6.03. The molecule has 0 nitrogen and oxygen atoms in total. The third kappa shape index (κ3) is 1.83. The molecule has 0 N–H and O–H groups in total. The summed E-state index contributed by atoms with van der Waals surface area (Å²) in [5, 5.41) is 5.28. The van der Waals surface area contributed by atoms with E-state index in [0.29, 0.717) is 0 Å². The maximum Gasteiger partial charge on any atom is -0.00329 e. The van der Waals surface area contributed by atoms with Crippen LogP contribution in [0.3, 0.4) is 0 Å². The van der Waals surface area contributed by atoms with Gasteiger partial charge in [-0.2, -0.15) is 0 Å². The van der Waals surface area contributed by atoms with Gasteiger partial charge in [0.25, 0.3) is 0 Å². The third-order valence-corrected chi connectivity index (χ3v) is 4.67. The van der Waals surface area contributed by atoms with E-state index in [1.807, 2.05) is 0 Å². The fourth-order valence-corrected chi connectivity index (χ4v) is 3.30. The number of rotatable bonds is 3. The molecule has 1 aliphatic carbocycles. The molecule has 3 rings (SSSR count). The molecule has 20 heavy (non-hydrogen) atoms. The Bertz CT molecular complexity index is 870. The zero-order chi connectivity index (χ0) is 14.3. The van der Waals surface area contributed by atoms with Gasteiger partial charge >= 0.3 is 0 Å². The monoisotopic (exact) mass is 262 g/mol. The maximum absolute atomic E-state index is 4.35. The van der Waals surface area contributed by atoms with E-state index in [1.165, 1.54) is 62.4 Å². The SMILES string of the molecule is C=c1c(C)c(C)c(CCCC)c2c1=c1ccccc1=C2. The zero-order valence-corrected chi connectivity index (χ0v) is 12.7. The number of hydrogen-bond donors (Lipinski definition) is 0. The first-order valence-electron chi connectivity index (χ1n) is 7.57. The van der Waals surface area contributed by atoms with E-state index in [0.717, 1.165) is 0 Å². The van der Waals surface area contributed by atoms with E-state index in [-0.39, 0.29) is 0 Å². The number of hydrogen-bond acceptors (Lipinski definition) is 0. The fourth-order valence-electron chi connectivity index (χ4n) is 3.30. The Morgan fingerprint density at radius 3 is 2.55 bits per heavy atom. The van der Waals surface area contributed by atoms with Crippen molar-refractivity contribution < 1.29 is 0 Å². The predicted octanol–water partition coefficient (Wildman–Crippen LogP) is 3.49. The first kappa shape index (κ1) is 13.2. The highest BCUT2D eigenvalue weighted by molar-refractivity contribution is 5.63. The first-order valence-corrected chi connectivity index (χ1v) is 7.57. The molecule has 0 fully saturated rings. The topological polar surface area (TPSA) is 0 Å². The van der Waals surface area contributed by atoms with Crippen LogP contribution in [0.4, 0.5) is 0 Å². The van der Waals surface area contributed by atoms with Crippen LogP contribution in [0.25, 0.3) is 12.7 Å². The lowest BCUT2D eigenvalue weighted by Crippen LogP contribution is -2.13. The number of benzene rings is 2. The largest absolute Gasteiger partial charge is 0.0908 e. The van der Waals surface area contributed by atoms with E-state index < -0.39 is 0 Å². The smallest absolute Gasteiger partial charge is 0.00329 e. The second-order valence-electron chi connectivity index (χ2n) is 5.83. The van der Waals surface area contributed by atoms with Crippen LogP contribution in [-0.2, 0) is 6.42 Å². The predicted molar refractivity (Wildman–Crippen MR) is 87.0 cm³/mol. The Kier molecular flexibility index (Phi) is 3.25. The highest BCUT2D eigenvalue weighted by atomic mass is 14.2. The van der Waals surface area contributed by atoms with Crippen LogP contribution >= 0.6 is 0 Å². The lowest BCUT2D eigenvalue weighted by molar-refractivity contribution is 0.788. The highest BCUT2D eigenvalue weighted by Crippen LogP contribution is 2.22. The molecule has 0 saturated heterocycles. The van der Waals surface area contributed by atoms with E-state index in [9.17, 15) is 0 Å². The van der Waals surface area contributed by atoms with Crippen molar-refractivity contribution in [1.29, 1.82) is 0 Å². The summed E-state index contributed by atoms with van der Waals surface area (Å²) >= 11 is 0. The van der Waals surface area contributed by atoms with Crippen molar-refractivity contribution in [3.63, 3.8) is 0 Å². The van der Waals surface area contributed by atoms with Crippen molar-refractivity contribution in [2.45, 2.75) is 40.0 Å². The summed E-state index contributed by atoms with van der Waals surface area (Å²) in [6, 6.07) is 8.69. The van der Waals surface area contributed by atoms with Crippen molar-refractivity contribution in [3.05, 3.63) is 67.4 Å².